The van der Waals surface area contributed by atoms with Gasteiger partial charge in [0.2, 0.25) is 0 Å². The van der Waals surface area contributed by atoms with Crippen LogP contribution in [0.25, 0.3) is 0 Å². The molecule has 170 valence electrons. The average Bonchev–Trinajstić information content (AvgIpc) is 2.69. The number of aryl methyl sites for hydroxylation is 3. The molecular formula is C22H25F3O5S. The van der Waals surface area contributed by atoms with Crippen LogP contribution in [0.4, 0.5) is 13.2 Å². The molecule has 1 unspecified atom stereocenters. The Labute approximate surface area is 180 Å². The van der Waals surface area contributed by atoms with Crippen LogP contribution < -0.4 is 4.18 Å². The molecule has 5 nitrogen and oxygen atoms in total. The highest BCUT2D eigenvalue weighted by molar-refractivity contribution is 7.88. The molecule has 0 spiro atoms. The van der Waals surface area contributed by atoms with E-state index >= 15 is 0 Å². The van der Waals surface area contributed by atoms with Gasteiger partial charge in [-0.2, -0.15) is 21.6 Å². The Morgan fingerprint density at radius 2 is 1.74 bits per heavy atom. The zero-order valence-corrected chi connectivity index (χ0v) is 18.6. The lowest BCUT2D eigenvalue weighted by Crippen LogP contribution is -2.28. The van der Waals surface area contributed by atoms with Crippen molar-refractivity contribution in [1.82, 2.24) is 0 Å². The Hall–Kier alpha value is -2.55. The number of methoxy groups -OCH3 is 1. The summed E-state index contributed by atoms with van der Waals surface area (Å²) in [4.78, 5) is 11.7. The molecule has 1 atom stereocenters. The fourth-order valence-corrected chi connectivity index (χ4v) is 3.87. The highest BCUT2D eigenvalue weighted by atomic mass is 32.2. The summed E-state index contributed by atoms with van der Waals surface area (Å²) in [6, 6.07) is 10.0. The van der Waals surface area contributed by atoms with E-state index in [4.69, 9.17) is 4.74 Å². The van der Waals surface area contributed by atoms with Crippen molar-refractivity contribution in [2.75, 3.05) is 7.11 Å². The van der Waals surface area contributed by atoms with Crippen LogP contribution in [0.5, 0.6) is 5.75 Å². The van der Waals surface area contributed by atoms with Gasteiger partial charge in [-0.25, -0.2) is 4.79 Å². The first-order chi connectivity index (χ1) is 14.4. The highest BCUT2D eigenvalue weighted by Gasteiger charge is 2.48. The van der Waals surface area contributed by atoms with E-state index in [9.17, 15) is 26.4 Å². The number of ether oxygens (including phenoxy) is 1. The van der Waals surface area contributed by atoms with Crippen molar-refractivity contribution in [3.63, 3.8) is 0 Å². The molecule has 0 amide bonds. The fourth-order valence-electron chi connectivity index (χ4n) is 3.35. The summed E-state index contributed by atoms with van der Waals surface area (Å²) in [6.45, 7) is 5.35. The van der Waals surface area contributed by atoms with E-state index < -0.39 is 15.6 Å². The maximum absolute atomic E-state index is 12.6. The number of carbonyl (C=O) groups is 1. The van der Waals surface area contributed by atoms with Gasteiger partial charge >= 0.3 is 21.6 Å². The van der Waals surface area contributed by atoms with E-state index in [1.807, 2.05) is 26.0 Å². The summed E-state index contributed by atoms with van der Waals surface area (Å²) < 4.78 is 69.2. The highest BCUT2D eigenvalue weighted by Crippen LogP contribution is 2.32. The number of hydrogen-bond acceptors (Lipinski definition) is 5. The van der Waals surface area contributed by atoms with Gasteiger partial charge in [-0.15, -0.1) is 0 Å². The topological polar surface area (TPSA) is 69.7 Å². The largest absolute Gasteiger partial charge is 0.534 e. The minimum Gasteiger partial charge on any atom is -0.465 e. The van der Waals surface area contributed by atoms with E-state index in [-0.39, 0.29) is 17.6 Å². The summed E-state index contributed by atoms with van der Waals surface area (Å²) in [5.41, 5.74) is -1.90. The second kappa shape index (κ2) is 9.72. The maximum atomic E-state index is 12.6. The lowest BCUT2D eigenvalue weighted by Gasteiger charge is -2.18. The zero-order valence-electron chi connectivity index (χ0n) is 17.7. The van der Waals surface area contributed by atoms with Crippen LogP contribution in [0.2, 0.25) is 0 Å². The zero-order chi connectivity index (χ0) is 23.4. The van der Waals surface area contributed by atoms with Crippen molar-refractivity contribution in [1.29, 1.82) is 0 Å². The summed E-state index contributed by atoms with van der Waals surface area (Å²) in [7, 11) is -4.38. The molecule has 31 heavy (non-hydrogen) atoms. The van der Waals surface area contributed by atoms with E-state index in [0.717, 1.165) is 36.0 Å². The van der Waals surface area contributed by atoms with E-state index in [1.54, 1.807) is 18.2 Å². The fraction of sp³-hybridized carbons (Fsp3) is 0.409. The maximum Gasteiger partial charge on any atom is 0.534 e. The molecule has 0 aliphatic rings. The first kappa shape index (κ1) is 24.7. The molecule has 2 aromatic carbocycles. The van der Waals surface area contributed by atoms with Crippen LogP contribution in [-0.2, 0) is 21.3 Å². The van der Waals surface area contributed by atoms with E-state index in [2.05, 4.69) is 4.18 Å². The second-order valence-electron chi connectivity index (χ2n) is 7.29. The molecule has 0 N–H and O–H groups in total. The molecule has 0 heterocycles. The Kier molecular flexibility index (Phi) is 7.75. The molecule has 0 aliphatic carbocycles. The molecule has 0 radical (unpaired) electrons. The van der Waals surface area contributed by atoms with Crippen LogP contribution >= 0.6 is 0 Å². The van der Waals surface area contributed by atoms with Crippen molar-refractivity contribution in [2.45, 2.75) is 51.5 Å². The molecule has 0 aromatic heterocycles. The average molecular weight is 458 g/mol. The quantitative estimate of drug-likeness (QED) is 0.299. The van der Waals surface area contributed by atoms with Gasteiger partial charge in [0.1, 0.15) is 5.75 Å². The van der Waals surface area contributed by atoms with Crippen LogP contribution in [0.1, 0.15) is 58.3 Å². The summed E-state index contributed by atoms with van der Waals surface area (Å²) in [5.74, 6) is -0.613. The monoisotopic (exact) mass is 458 g/mol. The molecule has 0 bridgehead atoms. The Balaban J connectivity index is 2.14. The van der Waals surface area contributed by atoms with Gasteiger partial charge in [-0.3, -0.25) is 0 Å². The second-order valence-corrected chi connectivity index (χ2v) is 8.83. The lowest BCUT2D eigenvalue weighted by molar-refractivity contribution is -0.0500. The summed E-state index contributed by atoms with van der Waals surface area (Å²) in [6.07, 6.45) is 2.30. The predicted octanol–water partition coefficient (Wildman–Crippen LogP) is 5.44. The number of benzene rings is 2. The molecule has 9 heteroatoms. The molecule has 2 rings (SSSR count). The van der Waals surface area contributed by atoms with E-state index in [0.29, 0.717) is 11.1 Å². The first-order valence-corrected chi connectivity index (χ1v) is 11.1. The first-order valence-electron chi connectivity index (χ1n) is 9.68. The van der Waals surface area contributed by atoms with Gasteiger partial charge in [0.15, 0.2) is 0 Å². The normalized spacial score (nSPS) is 13.0. The Morgan fingerprint density at radius 3 is 2.26 bits per heavy atom. The van der Waals surface area contributed by atoms with Gasteiger partial charge < -0.3 is 8.92 Å². The molecule has 0 aliphatic heterocycles. The number of halogens is 3. The SMILES string of the molecule is CCC(CCc1ccc(C(=O)OC)c(C)c1)c1ccc(OS(=O)(=O)C(F)(F)F)c(C)c1. The third-order valence-electron chi connectivity index (χ3n) is 5.12. The van der Waals surface area contributed by atoms with E-state index in [1.165, 1.54) is 20.1 Å². The van der Waals surface area contributed by atoms with Crippen LogP contribution in [-0.4, -0.2) is 27.0 Å². The van der Waals surface area contributed by atoms with Crippen LogP contribution in [0, 0.1) is 13.8 Å². The van der Waals surface area contributed by atoms with Gasteiger partial charge in [-0.05, 0) is 73.4 Å². The van der Waals surface area contributed by atoms with Gasteiger partial charge in [0.25, 0.3) is 0 Å². The third-order valence-corrected chi connectivity index (χ3v) is 6.09. The smallest absolute Gasteiger partial charge is 0.465 e. The minimum atomic E-state index is -5.71. The number of carbonyl (C=O) groups excluding carboxylic acids is 1. The standard InChI is InChI=1S/C22H25F3O5S/c1-5-17(8-6-16-7-10-19(14(2)12-16)21(26)29-4)18-9-11-20(15(3)13-18)30-31(27,28)22(23,24)25/h7,9-13,17H,5-6,8H2,1-4H3. The third kappa shape index (κ3) is 6.00. The van der Waals surface area contributed by atoms with Crippen molar-refractivity contribution < 1.29 is 35.3 Å². The predicted molar refractivity (Wildman–Crippen MR) is 111 cm³/mol. The molecule has 2 aromatic rings. The number of alkyl halides is 3. The van der Waals surface area contributed by atoms with Crippen molar-refractivity contribution in [3.05, 3.63) is 64.2 Å². The van der Waals surface area contributed by atoms with Gasteiger partial charge in [-0.1, -0.05) is 31.2 Å². The molecule has 0 saturated heterocycles. The summed E-state index contributed by atoms with van der Waals surface area (Å²) >= 11 is 0. The van der Waals surface area contributed by atoms with Gasteiger partial charge in [0.05, 0.1) is 12.7 Å². The Bertz CT molecular complexity index is 1050. The number of esters is 1. The van der Waals surface area contributed by atoms with Gasteiger partial charge in [0, 0.05) is 0 Å². The molecule has 0 saturated carbocycles. The summed E-state index contributed by atoms with van der Waals surface area (Å²) in [5, 5.41) is 0. The van der Waals surface area contributed by atoms with Crippen molar-refractivity contribution in [3.8, 4) is 5.75 Å². The lowest BCUT2D eigenvalue weighted by atomic mass is 9.89. The van der Waals surface area contributed by atoms with Crippen LogP contribution in [0.15, 0.2) is 36.4 Å². The molecular weight excluding hydrogens is 433 g/mol. The minimum absolute atomic E-state index is 0.118. The Morgan fingerprint density at radius 1 is 1.06 bits per heavy atom. The number of rotatable bonds is 8. The van der Waals surface area contributed by atoms with Crippen molar-refractivity contribution >= 4 is 16.1 Å². The van der Waals surface area contributed by atoms with Crippen LogP contribution in [0.3, 0.4) is 0 Å². The molecule has 0 fully saturated rings. The van der Waals surface area contributed by atoms with Crippen molar-refractivity contribution in [2.24, 2.45) is 0 Å². The number of hydrogen-bond donors (Lipinski definition) is 0.